The minimum absolute atomic E-state index is 0.0727. The van der Waals surface area contributed by atoms with Crippen molar-refractivity contribution in [3.63, 3.8) is 0 Å². The number of alkyl halides is 1. The third kappa shape index (κ3) is 3.25. The Kier molecular flexibility index (Phi) is 4.55. The lowest BCUT2D eigenvalue weighted by atomic mass is 9.98. The van der Waals surface area contributed by atoms with Crippen molar-refractivity contribution in [3.05, 3.63) is 74.8 Å². The summed E-state index contributed by atoms with van der Waals surface area (Å²) in [5, 5.41) is 11.1. The summed E-state index contributed by atoms with van der Waals surface area (Å²) in [7, 11) is 0. The Morgan fingerprint density at radius 1 is 1.20 bits per heavy atom. The molecule has 0 saturated heterocycles. The summed E-state index contributed by atoms with van der Waals surface area (Å²) in [4.78, 5) is 10.8. The maximum absolute atomic E-state index is 11.1. The van der Waals surface area contributed by atoms with Gasteiger partial charge in [0.05, 0.1) is 4.92 Å². The molecule has 0 radical (unpaired) electrons. The van der Waals surface area contributed by atoms with Crippen LogP contribution >= 0.6 is 15.9 Å². The van der Waals surface area contributed by atoms with Crippen LogP contribution in [-0.4, -0.2) is 4.92 Å². The topological polar surface area (TPSA) is 43.1 Å². The number of aryl methyl sites for hydroxylation is 2. The molecule has 0 amide bonds. The maximum Gasteiger partial charge on any atom is 0.272 e. The predicted octanol–water partition coefficient (Wildman–Crippen LogP) is 4.89. The molecule has 0 aromatic heterocycles. The Balaban J connectivity index is 2.30. The molecule has 104 valence electrons. The number of nitro groups is 1. The molecule has 0 aliphatic rings. The van der Waals surface area contributed by atoms with Gasteiger partial charge in [-0.05, 0) is 31.4 Å². The summed E-state index contributed by atoms with van der Waals surface area (Å²) in [5.41, 5.74) is 4.50. The standard InChI is InChI=1S/C16H16BrNO2/c1-11-7-8-12(2)14(9-11)15(17)10-13-5-3-4-6-16(13)18(19)20/h3-9,15H,10H2,1-2H3. The summed E-state index contributed by atoms with van der Waals surface area (Å²) >= 11 is 3.67. The van der Waals surface area contributed by atoms with E-state index in [-0.39, 0.29) is 15.4 Å². The molecule has 1 unspecified atom stereocenters. The third-order valence-electron chi connectivity index (χ3n) is 3.36. The molecular weight excluding hydrogens is 318 g/mol. The van der Waals surface area contributed by atoms with E-state index in [1.165, 1.54) is 16.7 Å². The maximum atomic E-state index is 11.1. The molecule has 2 aromatic rings. The van der Waals surface area contributed by atoms with Gasteiger partial charge < -0.3 is 0 Å². The van der Waals surface area contributed by atoms with E-state index in [1.807, 2.05) is 19.1 Å². The zero-order chi connectivity index (χ0) is 14.7. The second kappa shape index (κ2) is 6.18. The molecule has 0 N–H and O–H groups in total. The van der Waals surface area contributed by atoms with E-state index in [4.69, 9.17) is 0 Å². The van der Waals surface area contributed by atoms with Crippen molar-refractivity contribution in [2.24, 2.45) is 0 Å². The minimum atomic E-state index is -0.321. The van der Waals surface area contributed by atoms with Crippen LogP contribution in [0, 0.1) is 24.0 Å². The number of benzene rings is 2. The highest BCUT2D eigenvalue weighted by Crippen LogP contribution is 2.32. The Morgan fingerprint density at radius 2 is 1.90 bits per heavy atom. The molecule has 4 heteroatoms. The van der Waals surface area contributed by atoms with Crippen molar-refractivity contribution >= 4 is 21.6 Å². The second-order valence-electron chi connectivity index (χ2n) is 4.92. The average molecular weight is 334 g/mol. The second-order valence-corrected chi connectivity index (χ2v) is 6.02. The van der Waals surface area contributed by atoms with Crippen molar-refractivity contribution in [1.82, 2.24) is 0 Å². The molecule has 0 heterocycles. The summed E-state index contributed by atoms with van der Waals surface area (Å²) < 4.78 is 0. The van der Waals surface area contributed by atoms with Crippen LogP contribution in [0.25, 0.3) is 0 Å². The summed E-state index contributed by atoms with van der Waals surface area (Å²) in [5.74, 6) is 0. The molecule has 0 fully saturated rings. The van der Waals surface area contributed by atoms with Gasteiger partial charge in [-0.2, -0.15) is 0 Å². The molecule has 0 spiro atoms. The van der Waals surface area contributed by atoms with E-state index in [0.717, 1.165) is 5.56 Å². The zero-order valence-corrected chi connectivity index (χ0v) is 13.1. The number of hydrogen-bond donors (Lipinski definition) is 0. The van der Waals surface area contributed by atoms with Crippen LogP contribution in [0.15, 0.2) is 42.5 Å². The summed E-state index contributed by atoms with van der Waals surface area (Å²) in [6.07, 6.45) is 0.599. The fraction of sp³-hybridized carbons (Fsp3) is 0.250. The molecule has 0 bridgehead atoms. The van der Waals surface area contributed by atoms with Gasteiger partial charge >= 0.3 is 0 Å². The first-order chi connectivity index (χ1) is 9.49. The fourth-order valence-corrected chi connectivity index (χ4v) is 3.10. The van der Waals surface area contributed by atoms with Crippen molar-refractivity contribution in [3.8, 4) is 0 Å². The number of para-hydroxylation sites is 1. The number of nitro benzene ring substituents is 1. The van der Waals surface area contributed by atoms with E-state index in [9.17, 15) is 10.1 Å². The van der Waals surface area contributed by atoms with E-state index in [1.54, 1.807) is 12.1 Å². The monoisotopic (exact) mass is 333 g/mol. The van der Waals surface area contributed by atoms with E-state index in [2.05, 4.69) is 41.1 Å². The summed E-state index contributed by atoms with van der Waals surface area (Å²) in [6, 6.07) is 13.2. The van der Waals surface area contributed by atoms with Crippen LogP contribution in [0.2, 0.25) is 0 Å². The molecule has 20 heavy (non-hydrogen) atoms. The van der Waals surface area contributed by atoms with Crippen molar-refractivity contribution in [2.75, 3.05) is 0 Å². The van der Waals surface area contributed by atoms with Gasteiger partial charge in [-0.15, -0.1) is 0 Å². The molecule has 1 atom stereocenters. The quantitative estimate of drug-likeness (QED) is 0.454. The Hall–Kier alpha value is -1.68. The molecule has 0 aliphatic heterocycles. The van der Waals surface area contributed by atoms with Crippen LogP contribution in [0.1, 0.15) is 27.1 Å². The molecule has 3 nitrogen and oxygen atoms in total. The highest BCUT2D eigenvalue weighted by molar-refractivity contribution is 9.09. The first-order valence-corrected chi connectivity index (χ1v) is 7.34. The van der Waals surface area contributed by atoms with Gasteiger partial charge in [-0.25, -0.2) is 0 Å². The lowest BCUT2D eigenvalue weighted by Gasteiger charge is -2.14. The van der Waals surface area contributed by atoms with Crippen LogP contribution < -0.4 is 0 Å². The van der Waals surface area contributed by atoms with Crippen LogP contribution in [0.3, 0.4) is 0 Å². The summed E-state index contributed by atoms with van der Waals surface area (Å²) in [6.45, 7) is 4.11. The number of rotatable bonds is 4. The molecular formula is C16H16BrNO2. The molecule has 0 aliphatic carbocycles. The number of hydrogen-bond acceptors (Lipinski definition) is 2. The normalized spacial score (nSPS) is 12.2. The first kappa shape index (κ1) is 14.7. The highest BCUT2D eigenvalue weighted by atomic mass is 79.9. The minimum Gasteiger partial charge on any atom is -0.258 e. The Bertz CT molecular complexity index is 640. The van der Waals surface area contributed by atoms with Gasteiger partial charge in [-0.3, -0.25) is 10.1 Å². The number of nitrogens with zero attached hydrogens (tertiary/aromatic N) is 1. The van der Waals surface area contributed by atoms with Crippen molar-refractivity contribution < 1.29 is 4.92 Å². The number of halogens is 1. The molecule has 0 saturated carbocycles. The smallest absolute Gasteiger partial charge is 0.258 e. The van der Waals surface area contributed by atoms with E-state index in [0.29, 0.717) is 6.42 Å². The van der Waals surface area contributed by atoms with Gasteiger partial charge in [0.15, 0.2) is 0 Å². The van der Waals surface area contributed by atoms with Gasteiger partial charge in [-0.1, -0.05) is 57.9 Å². The first-order valence-electron chi connectivity index (χ1n) is 6.42. The lowest BCUT2D eigenvalue weighted by Crippen LogP contribution is -2.01. The Labute approximate surface area is 126 Å². The SMILES string of the molecule is Cc1ccc(C)c(C(Br)Cc2ccccc2[N+](=O)[O-])c1. The lowest BCUT2D eigenvalue weighted by molar-refractivity contribution is -0.385. The van der Waals surface area contributed by atoms with E-state index < -0.39 is 0 Å². The van der Waals surface area contributed by atoms with Gasteiger partial charge in [0.1, 0.15) is 0 Å². The van der Waals surface area contributed by atoms with Crippen LogP contribution in [-0.2, 0) is 6.42 Å². The molecule has 2 rings (SSSR count). The Morgan fingerprint density at radius 3 is 2.60 bits per heavy atom. The molecule has 2 aromatic carbocycles. The highest BCUT2D eigenvalue weighted by Gasteiger charge is 2.18. The van der Waals surface area contributed by atoms with Crippen molar-refractivity contribution in [2.45, 2.75) is 25.1 Å². The largest absolute Gasteiger partial charge is 0.272 e. The average Bonchev–Trinajstić information content (AvgIpc) is 2.41. The predicted molar refractivity (Wildman–Crippen MR) is 84.4 cm³/mol. The fourth-order valence-electron chi connectivity index (χ4n) is 2.26. The van der Waals surface area contributed by atoms with Gasteiger partial charge in [0.2, 0.25) is 0 Å². The van der Waals surface area contributed by atoms with Crippen molar-refractivity contribution in [1.29, 1.82) is 0 Å². The zero-order valence-electron chi connectivity index (χ0n) is 11.5. The van der Waals surface area contributed by atoms with Gasteiger partial charge in [0.25, 0.3) is 5.69 Å². The third-order valence-corrected chi connectivity index (χ3v) is 4.18. The van der Waals surface area contributed by atoms with Crippen LogP contribution in [0.5, 0.6) is 0 Å². The van der Waals surface area contributed by atoms with E-state index >= 15 is 0 Å². The van der Waals surface area contributed by atoms with Crippen LogP contribution in [0.4, 0.5) is 5.69 Å². The van der Waals surface area contributed by atoms with Gasteiger partial charge in [0, 0.05) is 16.5 Å².